The molecule has 0 N–H and O–H groups in total. The molecule has 1 aromatic heterocycles. The van der Waals surface area contributed by atoms with Crippen LogP contribution in [-0.4, -0.2) is 21.9 Å². The molecule has 3 aromatic carbocycles. The van der Waals surface area contributed by atoms with E-state index in [-0.39, 0.29) is 12.4 Å². The molecule has 0 bridgehead atoms. The normalized spacial score (nSPS) is 10.8. The van der Waals surface area contributed by atoms with Gasteiger partial charge in [0.1, 0.15) is 23.9 Å². The Morgan fingerprint density at radius 2 is 1.71 bits per heavy atom. The summed E-state index contributed by atoms with van der Waals surface area (Å²) >= 11 is 7.42. The molecule has 0 aliphatic rings. The first-order valence-corrected chi connectivity index (χ1v) is 10.8. The topological polar surface area (TPSA) is 49.2 Å². The van der Waals surface area contributed by atoms with Crippen LogP contribution >= 0.6 is 23.4 Å². The number of hydrogen-bond donors (Lipinski definition) is 0. The zero-order chi connectivity index (χ0) is 21.6. The highest BCUT2D eigenvalue weighted by Crippen LogP contribution is 2.27. The van der Waals surface area contributed by atoms with Crippen molar-refractivity contribution < 1.29 is 13.9 Å². The van der Waals surface area contributed by atoms with Gasteiger partial charge in [0, 0.05) is 16.5 Å². The molecule has 1 heterocycles. The molecule has 0 aliphatic heterocycles. The molecule has 0 unspecified atom stereocenters. The van der Waals surface area contributed by atoms with Crippen molar-refractivity contribution in [3.05, 3.63) is 95.0 Å². The van der Waals surface area contributed by atoms with Crippen LogP contribution in [0.15, 0.2) is 78.0 Å². The van der Waals surface area contributed by atoms with E-state index in [2.05, 4.69) is 10.2 Å². The number of thioether (sulfide) groups is 1. The molecule has 0 atom stereocenters. The van der Waals surface area contributed by atoms with Crippen LogP contribution < -0.4 is 9.47 Å². The van der Waals surface area contributed by atoms with Gasteiger partial charge in [-0.1, -0.05) is 35.5 Å². The maximum Gasteiger partial charge on any atom is 0.196 e. The maximum atomic E-state index is 13.5. The van der Waals surface area contributed by atoms with E-state index in [1.807, 2.05) is 34.9 Å². The summed E-state index contributed by atoms with van der Waals surface area (Å²) in [7, 11) is 1.62. The molecule has 0 amide bonds. The van der Waals surface area contributed by atoms with Crippen molar-refractivity contribution in [2.45, 2.75) is 17.5 Å². The summed E-state index contributed by atoms with van der Waals surface area (Å²) in [6.07, 6.45) is 0. The third-order valence-corrected chi connectivity index (χ3v) is 5.72. The van der Waals surface area contributed by atoms with Crippen molar-refractivity contribution >= 4 is 23.4 Å². The SMILES string of the molecule is COc1ccc(-n2c(COc3ccc(Cl)cc3)nnc2SCc2cccc(F)c2)cc1. The third-order valence-electron chi connectivity index (χ3n) is 4.47. The molecule has 0 spiro atoms. The van der Waals surface area contributed by atoms with Gasteiger partial charge >= 0.3 is 0 Å². The first-order chi connectivity index (χ1) is 15.1. The molecule has 4 aromatic rings. The zero-order valence-electron chi connectivity index (χ0n) is 16.7. The van der Waals surface area contributed by atoms with Crippen LogP contribution in [-0.2, 0) is 12.4 Å². The number of nitrogens with zero attached hydrogens (tertiary/aromatic N) is 3. The van der Waals surface area contributed by atoms with E-state index in [9.17, 15) is 4.39 Å². The Labute approximate surface area is 188 Å². The quantitative estimate of drug-likeness (QED) is 0.308. The molecule has 4 rings (SSSR count). The Bertz CT molecular complexity index is 1150. The second-order valence-corrected chi connectivity index (χ2v) is 7.97. The minimum Gasteiger partial charge on any atom is -0.497 e. The lowest BCUT2D eigenvalue weighted by Gasteiger charge is -2.12. The van der Waals surface area contributed by atoms with Gasteiger partial charge in [-0.3, -0.25) is 4.57 Å². The molecule has 0 saturated heterocycles. The minimum atomic E-state index is -0.258. The van der Waals surface area contributed by atoms with E-state index >= 15 is 0 Å². The van der Waals surface area contributed by atoms with Gasteiger partial charge in [0.15, 0.2) is 11.0 Å². The average Bonchev–Trinajstić information content (AvgIpc) is 3.20. The van der Waals surface area contributed by atoms with Gasteiger partial charge in [-0.25, -0.2) is 4.39 Å². The Balaban J connectivity index is 1.59. The minimum absolute atomic E-state index is 0.223. The Kier molecular flexibility index (Phi) is 6.74. The molecule has 5 nitrogen and oxygen atoms in total. The van der Waals surface area contributed by atoms with Crippen LogP contribution in [0.5, 0.6) is 11.5 Å². The highest BCUT2D eigenvalue weighted by molar-refractivity contribution is 7.98. The first-order valence-electron chi connectivity index (χ1n) is 9.47. The number of halogens is 2. The van der Waals surface area contributed by atoms with Gasteiger partial charge in [0.2, 0.25) is 0 Å². The van der Waals surface area contributed by atoms with Gasteiger partial charge < -0.3 is 9.47 Å². The summed E-state index contributed by atoms with van der Waals surface area (Å²) in [5.74, 6) is 2.38. The largest absolute Gasteiger partial charge is 0.497 e. The second-order valence-electron chi connectivity index (χ2n) is 6.59. The lowest BCUT2D eigenvalue weighted by atomic mass is 10.2. The fourth-order valence-electron chi connectivity index (χ4n) is 2.93. The molecular weight excluding hydrogens is 437 g/mol. The molecule has 0 fully saturated rings. The van der Waals surface area contributed by atoms with Gasteiger partial charge in [-0.2, -0.15) is 0 Å². The number of methoxy groups -OCH3 is 1. The third kappa shape index (κ3) is 5.37. The van der Waals surface area contributed by atoms with Gasteiger partial charge in [0.05, 0.1) is 7.11 Å². The summed E-state index contributed by atoms with van der Waals surface area (Å²) in [6, 6.07) is 21.3. The smallest absolute Gasteiger partial charge is 0.196 e. The highest BCUT2D eigenvalue weighted by atomic mass is 35.5. The Morgan fingerprint density at radius 1 is 0.968 bits per heavy atom. The molecular formula is C23H19ClFN3O2S. The Hall–Kier alpha value is -3.03. The zero-order valence-corrected chi connectivity index (χ0v) is 18.2. The van der Waals surface area contributed by atoms with E-state index < -0.39 is 0 Å². The maximum absolute atomic E-state index is 13.5. The number of aromatic nitrogens is 3. The van der Waals surface area contributed by atoms with E-state index in [1.54, 1.807) is 37.4 Å². The van der Waals surface area contributed by atoms with Crippen molar-refractivity contribution in [2.24, 2.45) is 0 Å². The molecule has 8 heteroatoms. The van der Waals surface area contributed by atoms with Crippen molar-refractivity contribution in [2.75, 3.05) is 7.11 Å². The monoisotopic (exact) mass is 455 g/mol. The molecule has 158 valence electrons. The number of ether oxygens (including phenoxy) is 2. The molecule has 0 radical (unpaired) electrons. The van der Waals surface area contributed by atoms with Crippen molar-refractivity contribution in [3.8, 4) is 17.2 Å². The van der Waals surface area contributed by atoms with Crippen molar-refractivity contribution in [1.82, 2.24) is 14.8 Å². The summed E-state index contributed by atoms with van der Waals surface area (Å²) in [5.41, 5.74) is 1.75. The number of rotatable bonds is 8. The predicted molar refractivity (Wildman–Crippen MR) is 120 cm³/mol. The van der Waals surface area contributed by atoms with E-state index in [0.717, 1.165) is 17.0 Å². The average molecular weight is 456 g/mol. The van der Waals surface area contributed by atoms with Crippen LogP contribution in [0, 0.1) is 5.82 Å². The van der Waals surface area contributed by atoms with Crippen molar-refractivity contribution in [1.29, 1.82) is 0 Å². The second kappa shape index (κ2) is 9.85. The molecule has 31 heavy (non-hydrogen) atoms. The van der Waals surface area contributed by atoms with E-state index in [4.69, 9.17) is 21.1 Å². The van der Waals surface area contributed by atoms with Gasteiger partial charge in [-0.15, -0.1) is 10.2 Å². The first kappa shape index (κ1) is 21.2. The van der Waals surface area contributed by atoms with Crippen LogP contribution in [0.3, 0.4) is 0 Å². The van der Waals surface area contributed by atoms with E-state index in [1.165, 1.54) is 23.9 Å². The summed E-state index contributed by atoms with van der Waals surface area (Å²) in [6.45, 7) is 0.223. The van der Waals surface area contributed by atoms with Crippen LogP contribution in [0.1, 0.15) is 11.4 Å². The summed E-state index contributed by atoms with van der Waals surface area (Å²) in [4.78, 5) is 0. The van der Waals surface area contributed by atoms with Crippen LogP contribution in [0.4, 0.5) is 4.39 Å². The van der Waals surface area contributed by atoms with E-state index in [0.29, 0.717) is 27.5 Å². The lowest BCUT2D eigenvalue weighted by Crippen LogP contribution is -2.06. The summed E-state index contributed by atoms with van der Waals surface area (Å²) in [5, 5.41) is 10.0. The predicted octanol–water partition coefficient (Wildman–Crippen LogP) is 5.94. The lowest BCUT2D eigenvalue weighted by molar-refractivity contribution is 0.293. The fraction of sp³-hybridized carbons (Fsp3) is 0.130. The van der Waals surface area contributed by atoms with Crippen LogP contribution in [0.25, 0.3) is 5.69 Å². The number of hydrogen-bond acceptors (Lipinski definition) is 5. The number of benzene rings is 3. The molecule has 0 aliphatic carbocycles. The fourth-order valence-corrected chi connectivity index (χ4v) is 3.97. The van der Waals surface area contributed by atoms with Gasteiger partial charge in [0.25, 0.3) is 0 Å². The van der Waals surface area contributed by atoms with Crippen molar-refractivity contribution in [3.63, 3.8) is 0 Å². The molecule has 0 saturated carbocycles. The van der Waals surface area contributed by atoms with Crippen LogP contribution in [0.2, 0.25) is 5.02 Å². The summed E-state index contributed by atoms with van der Waals surface area (Å²) < 4.78 is 26.6. The highest BCUT2D eigenvalue weighted by Gasteiger charge is 2.16. The Morgan fingerprint density at radius 3 is 2.42 bits per heavy atom. The van der Waals surface area contributed by atoms with Gasteiger partial charge in [-0.05, 0) is 66.2 Å². The standard InChI is InChI=1S/C23H19ClFN3O2S/c1-29-20-11-7-19(8-12-20)28-22(14-30-21-9-5-17(24)6-10-21)26-27-23(28)31-15-16-3-2-4-18(25)13-16/h2-13H,14-15H2,1H3.